The summed E-state index contributed by atoms with van der Waals surface area (Å²) in [6.07, 6.45) is 7.53. The number of hydrogen-bond acceptors (Lipinski definition) is 4. The lowest BCUT2D eigenvalue weighted by Crippen LogP contribution is -2.45. The summed E-state index contributed by atoms with van der Waals surface area (Å²) < 4.78 is 15.3. The fourth-order valence-electron chi connectivity index (χ4n) is 6.56. The van der Waals surface area contributed by atoms with Gasteiger partial charge in [0.05, 0.1) is 16.9 Å². The van der Waals surface area contributed by atoms with E-state index in [-0.39, 0.29) is 17.2 Å². The van der Waals surface area contributed by atoms with Crippen molar-refractivity contribution in [3.05, 3.63) is 77.9 Å². The molecule has 4 aromatic rings. The second-order valence-corrected chi connectivity index (χ2v) is 11.1. The summed E-state index contributed by atoms with van der Waals surface area (Å²) in [5.74, 6) is 1.51. The summed E-state index contributed by atoms with van der Waals surface area (Å²) in [4.78, 5) is 27.5. The molecule has 0 spiro atoms. The SMILES string of the molecule is CC(C)CC[C@@]12CCC(=O)C[C@H]1CCc1c(-c3ccccc3F)nc(-c3ccnc4ccccc34)nc12. The van der Waals surface area contributed by atoms with Crippen LogP contribution in [0.5, 0.6) is 0 Å². The molecule has 2 aliphatic carbocycles. The molecule has 188 valence electrons. The maximum absolute atomic E-state index is 15.3. The van der Waals surface area contributed by atoms with Crippen molar-refractivity contribution in [1.29, 1.82) is 0 Å². The fraction of sp³-hybridized carbons (Fsp3) is 0.375. The molecular formula is C32H32FN3O. The maximum atomic E-state index is 15.3. The highest BCUT2D eigenvalue weighted by molar-refractivity contribution is 5.92. The number of carbonyl (C=O) groups is 1. The molecule has 5 heteroatoms. The zero-order valence-electron chi connectivity index (χ0n) is 21.5. The third-order valence-electron chi connectivity index (χ3n) is 8.51. The molecule has 2 atom stereocenters. The molecule has 0 saturated heterocycles. The summed E-state index contributed by atoms with van der Waals surface area (Å²) in [6, 6.07) is 16.9. The number of para-hydroxylation sites is 1. The largest absolute Gasteiger partial charge is 0.300 e. The number of pyridine rings is 1. The van der Waals surface area contributed by atoms with E-state index in [0.717, 1.165) is 59.8 Å². The van der Waals surface area contributed by atoms with Gasteiger partial charge >= 0.3 is 0 Å². The number of hydrogen-bond donors (Lipinski definition) is 0. The number of aromatic nitrogens is 3. The van der Waals surface area contributed by atoms with Crippen LogP contribution in [0.4, 0.5) is 4.39 Å². The van der Waals surface area contributed by atoms with Crippen LogP contribution in [0.25, 0.3) is 33.5 Å². The fourth-order valence-corrected chi connectivity index (χ4v) is 6.56. The van der Waals surface area contributed by atoms with Crippen molar-refractivity contribution in [1.82, 2.24) is 15.0 Å². The maximum Gasteiger partial charge on any atom is 0.160 e. The first-order chi connectivity index (χ1) is 18.0. The number of fused-ring (bicyclic) bond motifs is 4. The van der Waals surface area contributed by atoms with Gasteiger partial charge in [0.1, 0.15) is 11.6 Å². The van der Waals surface area contributed by atoms with Gasteiger partial charge in [-0.15, -0.1) is 0 Å². The Balaban J connectivity index is 1.64. The van der Waals surface area contributed by atoms with E-state index in [2.05, 4.69) is 18.8 Å². The molecule has 0 amide bonds. The van der Waals surface area contributed by atoms with Crippen LogP contribution in [0, 0.1) is 17.7 Å². The van der Waals surface area contributed by atoms with E-state index in [1.807, 2.05) is 42.5 Å². The zero-order chi connectivity index (χ0) is 25.6. The van der Waals surface area contributed by atoms with Crippen molar-refractivity contribution in [2.24, 2.45) is 11.8 Å². The Kier molecular flexibility index (Phi) is 6.10. The average Bonchev–Trinajstić information content (AvgIpc) is 2.91. The van der Waals surface area contributed by atoms with Crippen LogP contribution >= 0.6 is 0 Å². The molecule has 0 N–H and O–H groups in total. The molecule has 2 aromatic carbocycles. The van der Waals surface area contributed by atoms with Crippen molar-refractivity contribution >= 4 is 16.7 Å². The smallest absolute Gasteiger partial charge is 0.160 e. The summed E-state index contributed by atoms with van der Waals surface area (Å²) >= 11 is 0. The highest BCUT2D eigenvalue weighted by atomic mass is 19.1. The Bertz CT molecular complexity index is 1490. The van der Waals surface area contributed by atoms with Crippen molar-refractivity contribution in [3.8, 4) is 22.6 Å². The molecule has 2 aromatic heterocycles. The van der Waals surface area contributed by atoms with Gasteiger partial charge in [-0.25, -0.2) is 14.4 Å². The van der Waals surface area contributed by atoms with E-state index in [4.69, 9.17) is 9.97 Å². The van der Waals surface area contributed by atoms with E-state index >= 15 is 4.39 Å². The van der Waals surface area contributed by atoms with Gasteiger partial charge in [-0.2, -0.15) is 0 Å². The normalized spacial score (nSPS) is 21.2. The number of Topliss-reactive ketones (excluding diaryl/α,β-unsaturated/α-hetero) is 1. The van der Waals surface area contributed by atoms with Crippen LogP contribution in [0.15, 0.2) is 60.8 Å². The van der Waals surface area contributed by atoms with E-state index < -0.39 is 0 Å². The summed E-state index contributed by atoms with van der Waals surface area (Å²) in [7, 11) is 0. The van der Waals surface area contributed by atoms with E-state index in [1.54, 1.807) is 12.3 Å². The lowest BCUT2D eigenvalue weighted by atomic mass is 9.56. The monoisotopic (exact) mass is 493 g/mol. The third kappa shape index (κ3) is 4.14. The van der Waals surface area contributed by atoms with E-state index in [9.17, 15) is 4.79 Å². The van der Waals surface area contributed by atoms with Crippen molar-refractivity contribution in [3.63, 3.8) is 0 Å². The van der Waals surface area contributed by atoms with Gasteiger partial charge in [-0.1, -0.05) is 50.6 Å². The number of nitrogens with zero attached hydrogens (tertiary/aromatic N) is 3. The Morgan fingerprint density at radius 3 is 2.65 bits per heavy atom. The van der Waals surface area contributed by atoms with Gasteiger partial charge < -0.3 is 0 Å². The topological polar surface area (TPSA) is 55.7 Å². The minimum absolute atomic E-state index is 0.188. The van der Waals surface area contributed by atoms with E-state index in [1.165, 1.54) is 6.07 Å². The number of carbonyl (C=O) groups excluding carboxylic acids is 1. The second kappa shape index (κ2) is 9.44. The van der Waals surface area contributed by atoms with Crippen molar-refractivity contribution in [2.75, 3.05) is 0 Å². The van der Waals surface area contributed by atoms with Crippen LogP contribution < -0.4 is 0 Å². The molecule has 6 rings (SSSR count). The third-order valence-corrected chi connectivity index (χ3v) is 8.51. The van der Waals surface area contributed by atoms with Crippen LogP contribution in [0.3, 0.4) is 0 Å². The predicted molar refractivity (Wildman–Crippen MR) is 145 cm³/mol. The van der Waals surface area contributed by atoms with Gasteiger partial charge in [0.25, 0.3) is 0 Å². The molecule has 2 heterocycles. The van der Waals surface area contributed by atoms with Gasteiger partial charge in [0.15, 0.2) is 5.82 Å². The highest BCUT2D eigenvalue weighted by Gasteiger charge is 2.49. The molecule has 37 heavy (non-hydrogen) atoms. The summed E-state index contributed by atoms with van der Waals surface area (Å²) in [6.45, 7) is 4.51. The van der Waals surface area contributed by atoms with Crippen LogP contribution in [-0.2, 0) is 16.6 Å². The highest BCUT2D eigenvalue weighted by Crippen LogP contribution is 2.53. The predicted octanol–water partition coefficient (Wildman–Crippen LogP) is 7.49. The van der Waals surface area contributed by atoms with Crippen molar-refractivity contribution in [2.45, 2.75) is 64.2 Å². The van der Waals surface area contributed by atoms with Gasteiger partial charge in [0, 0.05) is 46.5 Å². The number of rotatable bonds is 5. The number of benzene rings is 2. The first-order valence-corrected chi connectivity index (χ1v) is 13.5. The molecule has 1 fully saturated rings. The molecular weight excluding hydrogens is 461 g/mol. The Morgan fingerprint density at radius 2 is 1.81 bits per heavy atom. The van der Waals surface area contributed by atoms with Crippen LogP contribution in [0.1, 0.15) is 63.6 Å². The molecule has 4 nitrogen and oxygen atoms in total. The standard InChI is InChI=1S/C32H32FN3O/c1-20(2)13-16-32-17-14-22(37)19-21(32)11-12-26-29(25-8-3-5-9-27(25)33)35-31(36-30(26)32)24-15-18-34-28-10-6-4-7-23(24)28/h3-10,15,18,20-21H,11-14,16-17,19H2,1-2H3/t21-,32-/m1/s1. The Hall–Kier alpha value is -3.47. The second-order valence-electron chi connectivity index (χ2n) is 11.1. The van der Waals surface area contributed by atoms with Crippen molar-refractivity contribution < 1.29 is 9.18 Å². The van der Waals surface area contributed by atoms with E-state index in [0.29, 0.717) is 41.6 Å². The summed E-state index contributed by atoms with van der Waals surface area (Å²) in [5.41, 5.74) is 4.90. The van der Waals surface area contributed by atoms with Crippen LogP contribution in [0.2, 0.25) is 0 Å². The van der Waals surface area contributed by atoms with Gasteiger partial charge in [-0.3, -0.25) is 9.78 Å². The van der Waals surface area contributed by atoms with Crippen LogP contribution in [-0.4, -0.2) is 20.7 Å². The Morgan fingerprint density at radius 1 is 1.00 bits per heavy atom. The quantitative estimate of drug-likeness (QED) is 0.289. The number of halogens is 1. The minimum Gasteiger partial charge on any atom is -0.300 e. The Labute approximate surface area is 217 Å². The first kappa shape index (κ1) is 23.9. The lowest BCUT2D eigenvalue weighted by Gasteiger charge is -2.48. The molecule has 1 saturated carbocycles. The van der Waals surface area contributed by atoms with Gasteiger partial charge in [0.2, 0.25) is 0 Å². The molecule has 0 aliphatic heterocycles. The lowest BCUT2D eigenvalue weighted by molar-refractivity contribution is -0.123. The molecule has 0 bridgehead atoms. The first-order valence-electron chi connectivity index (χ1n) is 13.5. The molecule has 0 radical (unpaired) electrons. The zero-order valence-corrected chi connectivity index (χ0v) is 21.5. The molecule has 2 aliphatic rings. The minimum atomic E-state index is -0.272. The van der Waals surface area contributed by atoms with Gasteiger partial charge in [-0.05, 0) is 61.8 Å². The molecule has 0 unspecified atom stereocenters. The summed E-state index contributed by atoms with van der Waals surface area (Å²) in [5, 5.41) is 0.979. The average molecular weight is 494 g/mol. The number of ketones is 1.